The molecule has 0 unspecified atom stereocenters. The molecule has 6 heteroatoms. The number of piperidine rings is 1. The second-order valence-corrected chi connectivity index (χ2v) is 6.47. The van der Waals surface area contributed by atoms with E-state index >= 15 is 0 Å². The van der Waals surface area contributed by atoms with Crippen LogP contribution in [-0.2, 0) is 0 Å². The van der Waals surface area contributed by atoms with Crippen molar-refractivity contribution in [1.29, 1.82) is 0 Å². The van der Waals surface area contributed by atoms with Crippen LogP contribution in [0.4, 0.5) is 11.4 Å². The zero-order valence-corrected chi connectivity index (χ0v) is 12.9. The molecule has 1 N–H and O–H groups in total. The van der Waals surface area contributed by atoms with Gasteiger partial charge in [0.2, 0.25) is 0 Å². The van der Waals surface area contributed by atoms with Crippen molar-refractivity contribution in [2.24, 2.45) is 0 Å². The van der Waals surface area contributed by atoms with Crippen molar-refractivity contribution < 1.29 is 4.92 Å². The molecule has 1 aliphatic carbocycles. The predicted molar refractivity (Wildman–Crippen MR) is 89.6 cm³/mol. The van der Waals surface area contributed by atoms with Gasteiger partial charge in [0.15, 0.2) is 0 Å². The summed E-state index contributed by atoms with van der Waals surface area (Å²) in [5, 5.41) is 15.3. The molecule has 6 nitrogen and oxygen atoms in total. The van der Waals surface area contributed by atoms with Crippen LogP contribution in [0.5, 0.6) is 0 Å². The van der Waals surface area contributed by atoms with Crippen LogP contribution in [0.3, 0.4) is 0 Å². The van der Waals surface area contributed by atoms with Gasteiger partial charge in [-0.25, -0.2) is 0 Å². The first-order valence-electron chi connectivity index (χ1n) is 8.25. The van der Waals surface area contributed by atoms with Gasteiger partial charge < -0.3 is 10.2 Å². The first-order chi connectivity index (χ1) is 11.2. The fraction of sp³-hybridized carbons (Fsp3) is 0.471. The summed E-state index contributed by atoms with van der Waals surface area (Å²) in [6.45, 7) is 2.28. The SMILES string of the molecule is O=[N+]([O-])c1ccc(NC2CCN(C3CC3)CC2)c2ncccc12. The van der Waals surface area contributed by atoms with Gasteiger partial charge in [0, 0.05) is 37.4 Å². The lowest BCUT2D eigenvalue weighted by Gasteiger charge is -2.33. The Bertz CT molecular complexity index is 736. The van der Waals surface area contributed by atoms with Crippen LogP contribution in [0.25, 0.3) is 10.9 Å². The molecule has 2 aliphatic rings. The van der Waals surface area contributed by atoms with Crippen molar-refractivity contribution >= 4 is 22.3 Å². The number of nitro groups is 1. The Balaban J connectivity index is 1.55. The topological polar surface area (TPSA) is 71.3 Å². The fourth-order valence-corrected chi connectivity index (χ4v) is 3.50. The lowest BCUT2D eigenvalue weighted by molar-refractivity contribution is -0.383. The van der Waals surface area contributed by atoms with E-state index in [1.807, 2.05) is 0 Å². The molecule has 1 aromatic carbocycles. The zero-order valence-electron chi connectivity index (χ0n) is 12.9. The lowest BCUT2D eigenvalue weighted by atomic mass is 10.0. The Morgan fingerprint density at radius 3 is 2.65 bits per heavy atom. The van der Waals surface area contributed by atoms with Crippen molar-refractivity contribution in [2.45, 2.75) is 37.8 Å². The maximum atomic E-state index is 11.2. The van der Waals surface area contributed by atoms with Crippen LogP contribution < -0.4 is 5.32 Å². The van der Waals surface area contributed by atoms with Gasteiger partial charge in [-0.15, -0.1) is 0 Å². The van der Waals surface area contributed by atoms with E-state index in [-0.39, 0.29) is 10.6 Å². The van der Waals surface area contributed by atoms with Gasteiger partial charge in [0.25, 0.3) is 5.69 Å². The number of nitro benzene ring substituents is 1. The summed E-state index contributed by atoms with van der Waals surface area (Å²) in [6, 6.07) is 8.12. The van der Waals surface area contributed by atoms with Gasteiger partial charge in [-0.3, -0.25) is 15.1 Å². The van der Waals surface area contributed by atoms with E-state index in [1.165, 1.54) is 12.8 Å². The van der Waals surface area contributed by atoms with Crippen molar-refractivity contribution in [2.75, 3.05) is 18.4 Å². The molecule has 0 amide bonds. The smallest absolute Gasteiger partial charge is 0.278 e. The van der Waals surface area contributed by atoms with Gasteiger partial charge in [0.05, 0.1) is 16.0 Å². The van der Waals surface area contributed by atoms with E-state index in [0.29, 0.717) is 16.9 Å². The Morgan fingerprint density at radius 1 is 1.17 bits per heavy atom. The summed E-state index contributed by atoms with van der Waals surface area (Å²) >= 11 is 0. The zero-order chi connectivity index (χ0) is 15.8. The molecule has 23 heavy (non-hydrogen) atoms. The molecule has 1 aromatic heterocycles. The average molecular weight is 312 g/mol. The number of likely N-dealkylation sites (tertiary alicyclic amines) is 1. The van der Waals surface area contributed by atoms with Crippen LogP contribution >= 0.6 is 0 Å². The first kappa shape index (κ1) is 14.4. The third-order valence-electron chi connectivity index (χ3n) is 4.90. The van der Waals surface area contributed by atoms with E-state index in [1.54, 1.807) is 30.5 Å². The Morgan fingerprint density at radius 2 is 1.96 bits per heavy atom. The Labute approximate surface area is 134 Å². The molecule has 2 aromatic rings. The maximum Gasteiger partial charge on any atom is 0.278 e. The molecule has 1 aliphatic heterocycles. The van der Waals surface area contributed by atoms with E-state index in [9.17, 15) is 10.1 Å². The first-order valence-corrected chi connectivity index (χ1v) is 8.25. The van der Waals surface area contributed by atoms with Crippen LogP contribution in [-0.4, -0.2) is 40.0 Å². The van der Waals surface area contributed by atoms with Crippen molar-refractivity contribution in [3.63, 3.8) is 0 Å². The summed E-state index contributed by atoms with van der Waals surface area (Å²) in [5.74, 6) is 0. The van der Waals surface area contributed by atoms with E-state index in [4.69, 9.17) is 0 Å². The predicted octanol–water partition coefficient (Wildman–Crippen LogP) is 3.18. The van der Waals surface area contributed by atoms with E-state index in [2.05, 4.69) is 15.2 Å². The maximum absolute atomic E-state index is 11.2. The summed E-state index contributed by atoms with van der Waals surface area (Å²) in [6.07, 6.45) is 6.63. The number of nitrogens with zero attached hydrogens (tertiary/aromatic N) is 3. The molecule has 1 saturated heterocycles. The molecular weight excluding hydrogens is 292 g/mol. The quantitative estimate of drug-likeness (QED) is 0.693. The van der Waals surface area contributed by atoms with Gasteiger partial charge in [-0.05, 0) is 43.9 Å². The van der Waals surface area contributed by atoms with E-state index < -0.39 is 0 Å². The molecule has 0 atom stereocenters. The number of benzene rings is 1. The van der Waals surface area contributed by atoms with E-state index in [0.717, 1.165) is 37.7 Å². The lowest BCUT2D eigenvalue weighted by Crippen LogP contribution is -2.40. The summed E-state index contributed by atoms with van der Waals surface area (Å²) in [7, 11) is 0. The minimum atomic E-state index is -0.345. The van der Waals surface area contributed by atoms with Crippen LogP contribution in [0.1, 0.15) is 25.7 Å². The second kappa shape index (κ2) is 5.77. The monoisotopic (exact) mass is 312 g/mol. The molecule has 0 spiro atoms. The molecule has 2 fully saturated rings. The highest BCUT2D eigenvalue weighted by Gasteiger charge is 2.31. The van der Waals surface area contributed by atoms with Gasteiger partial charge >= 0.3 is 0 Å². The highest BCUT2D eigenvalue weighted by atomic mass is 16.6. The van der Waals surface area contributed by atoms with Crippen molar-refractivity contribution in [3.8, 4) is 0 Å². The molecule has 0 bridgehead atoms. The minimum absolute atomic E-state index is 0.113. The summed E-state index contributed by atoms with van der Waals surface area (Å²) in [4.78, 5) is 17.8. The molecular formula is C17H20N4O2. The van der Waals surface area contributed by atoms with Crippen molar-refractivity contribution in [3.05, 3.63) is 40.6 Å². The Hall–Kier alpha value is -2.21. The third-order valence-corrected chi connectivity index (χ3v) is 4.90. The number of anilines is 1. The van der Waals surface area contributed by atoms with Crippen LogP contribution in [0.15, 0.2) is 30.5 Å². The number of aromatic nitrogens is 1. The van der Waals surface area contributed by atoms with Crippen LogP contribution in [0.2, 0.25) is 0 Å². The number of fused-ring (bicyclic) bond motifs is 1. The molecule has 4 rings (SSSR count). The third kappa shape index (κ3) is 2.86. The average Bonchev–Trinajstić information content (AvgIpc) is 3.40. The second-order valence-electron chi connectivity index (χ2n) is 6.47. The molecule has 2 heterocycles. The number of non-ortho nitro benzene ring substituents is 1. The number of hydrogen-bond donors (Lipinski definition) is 1. The minimum Gasteiger partial charge on any atom is -0.380 e. The molecule has 1 saturated carbocycles. The van der Waals surface area contributed by atoms with Gasteiger partial charge in [-0.1, -0.05) is 0 Å². The normalized spacial score (nSPS) is 19.8. The Kier molecular flexibility index (Phi) is 3.61. The molecule has 120 valence electrons. The highest BCUT2D eigenvalue weighted by Crippen LogP contribution is 2.32. The number of hydrogen-bond acceptors (Lipinski definition) is 5. The number of nitrogens with one attached hydrogen (secondary N) is 1. The fourth-order valence-electron chi connectivity index (χ4n) is 3.50. The van der Waals surface area contributed by atoms with Crippen LogP contribution in [0, 0.1) is 10.1 Å². The highest BCUT2D eigenvalue weighted by molar-refractivity contribution is 5.96. The summed E-state index contributed by atoms with van der Waals surface area (Å²) < 4.78 is 0. The molecule has 0 radical (unpaired) electrons. The largest absolute Gasteiger partial charge is 0.380 e. The summed E-state index contributed by atoms with van der Waals surface area (Å²) in [5.41, 5.74) is 1.70. The van der Waals surface area contributed by atoms with Crippen molar-refractivity contribution in [1.82, 2.24) is 9.88 Å². The van der Waals surface area contributed by atoms with Gasteiger partial charge in [0.1, 0.15) is 5.52 Å². The number of rotatable bonds is 4. The standard InChI is InChI=1S/C17H20N4O2/c22-21(23)16-6-5-15(17-14(16)2-1-9-18-17)19-12-7-10-20(11-8-12)13-3-4-13/h1-2,5-6,9,12-13,19H,3-4,7-8,10-11H2. The van der Waals surface area contributed by atoms with Gasteiger partial charge in [-0.2, -0.15) is 0 Å². The number of pyridine rings is 1.